The highest BCUT2D eigenvalue weighted by Gasteiger charge is 2.40. The lowest BCUT2D eigenvalue weighted by Crippen LogP contribution is -2.17. The molecule has 0 spiro atoms. The average molecular weight is 334 g/mol. The topological polar surface area (TPSA) is 50.2 Å². The number of nitrogens with zero attached hydrogens (tertiary/aromatic N) is 1. The molecule has 0 fully saturated rings. The van der Waals surface area contributed by atoms with Crippen LogP contribution in [0.25, 0.3) is 0 Å². The fourth-order valence-corrected chi connectivity index (χ4v) is 1.80. The van der Waals surface area contributed by atoms with Gasteiger partial charge in [0.15, 0.2) is 0 Å². The molecule has 0 unspecified atom stereocenters. The van der Waals surface area contributed by atoms with E-state index in [1.54, 1.807) is 0 Å². The summed E-state index contributed by atoms with van der Waals surface area (Å²) >= 11 is 2.63. The molecule has 1 aromatic rings. The van der Waals surface area contributed by atoms with E-state index >= 15 is 0 Å². The van der Waals surface area contributed by atoms with Crippen molar-refractivity contribution in [3.63, 3.8) is 0 Å². The first-order valence-electron chi connectivity index (χ1n) is 4.39. The second-order valence-electron chi connectivity index (χ2n) is 3.23. The first-order valence-corrected chi connectivity index (χ1v) is 5.18. The predicted molar refractivity (Wildman–Crippen MR) is 53.2 cm³/mol. The number of aromatic nitrogens is 1. The van der Waals surface area contributed by atoms with Gasteiger partial charge in [0.25, 0.3) is 6.43 Å². The number of carbonyl (C=O) groups is 1. The Morgan fingerprint density at radius 1 is 1.44 bits per heavy atom. The van der Waals surface area contributed by atoms with Gasteiger partial charge in [0, 0.05) is 17.3 Å². The van der Waals surface area contributed by atoms with Crippen molar-refractivity contribution in [1.29, 1.82) is 0 Å². The minimum absolute atomic E-state index is 0.378. The summed E-state index contributed by atoms with van der Waals surface area (Å²) in [6, 6.07) is 0. The average Bonchev–Trinajstić information content (AvgIpc) is 2.17. The molecule has 0 aliphatic carbocycles. The maximum atomic E-state index is 12.7. The van der Waals surface area contributed by atoms with Crippen molar-refractivity contribution < 1.29 is 31.9 Å². The molecule has 0 bridgehead atoms. The lowest BCUT2D eigenvalue weighted by Gasteiger charge is -2.16. The Balaban J connectivity index is 3.55. The summed E-state index contributed by atoms with van der Waals surface area (Å²) in [7, 11) is 0. The Labute approximate surface area is 106 Å². The van der Waals surface area contributed by atoms with Gasteiger partial charge >= 0.3 is 12.1 Å². The van der Waals surface area contributed by atoms with E-state index in [4.69, 9.17) is 5.11 Å². The van der Waals surface area contributed by atoms with Crippen molar-refractivity contribution in [3.05, 3.63) is 27.5 Å². The third-order valence-corrected chi connectivity index (χ3v) is 2.69. The van der Waals surface area contributed by atoms with Gasteiger partial charge in [-0.1, -0.05) is 0 Å². The molecule has 1 aromatic heterocycles. The van der Waals surface area contributed by atoms with Crippen LogP contribution in [-0.2, 0) is 17.4 Å². The van der Waals surface area contributed by atoms with Crippen LogP contribution >= 0.6 is 15.9 Å². The Kier molecular flexibility index (Phi) is 4.25. The number of aliphatic carboxylic acids is 1. The Bertz CT molecular complexity index is 475. The molecular weight excluding hydrogens is 329 g/mol. The number of pyridine rings is 1. The summed E-state index contributed by atoms with van der Waals surface area (Å²) in [4.78, 5) is 13.8. The molecule has 18 heavy (non-hydrogen) atoms. The van der Waals surface area contributed by atoms with E-state index in [1.807, 2.05) is 0 Å². The summed E-state index contributed by atoms with van der Waals surface area (Å²) in [5.41, 5.74) is -3.79. The molecule has 0 amide bonds. The zero-order valence-electron chi connectivity index (χ0n) is 8.43. The molecule has 100 valence electrons. The van der Waals surface area contributed by atoms with E-state index in [1.165, 1.54) is 0 Å². The van der Waals surface area contributed by atoms with E-state index < -0.39 is 46.3 Å². The molecule has 1 N–H and O–H groups in total. The number of alkyl halides is 5. The van der Waals surface area contributed by atoms with Crippen LogP contribution in [0.1, 0.15) is 23.1 Å². The van der Waals surface area contributed by atoms with E-state index in [9.17, 15) is 26.7 Å². The first-order chi connectivity index (χ1) is 8.14. The molecule has 1 rings (SSSR count). The van der Waals surface area contributed by atoms with Crippen LogP contribution in [0.2, 0.25) is 0 Å². The molecule has 9 heteroatoms. The number of halogens is 6. The minimum atomic E-state index is -5.08. The van der Waals surface area contributed by atoms with Gasteiger partial charge in [-0.15, -0.1) is 0 Å². The normalized spacial score (nSPS) is 11.9. The fraction of sp³-hybridized carbons (Fsp3) is 0.333. The fourth-order valence-electron chi connectivity index (χ4n) is 1.36. The molecule has 0 radical (unpaired) electrons. The van der Waals surface area contributed by atoms with Crippen molar-refractivity contribution in [2.45, 2.75) is 19.0 Å². The zero-order chi connectivity index (χ0) is 14.1. The summed E-state index contributed by atoms with van der Waals surface area (Å²) < 4.78 is 62.8. The molecule has 0 aliphatic rings. The van der Waals surface area contributed by atoms with Crippen molar-refractivity contribution in [3.8, 4) is 0 Å². The van der Waals surface area contributed by atoms with Crippen molar-refractivity contribution in [2.24, 2.45) is 0 Å². The molecule has 0 atom stereocenters. The molecule has 0 aliphatic heterocycles. The van der Waals surface area contributed by atoms with Crippen molar-refractivity contribution in [2.75, 3.05) is 0 Å². The van der Waals surface area contributed by atoms with Gasteiger partial charge < -0.3 is 5.11 Å². The minimum Gasteiger partial charge on any atom is -0.481 e. The lowest BCUT2D eigenvalue weighted by molar-refractivity contribution is -0.141. The van der Waals surface area contributed by atoms with Crippen LogP contribution in [0, 0.1) is 0 Å². The van der Waals surface area contributed by atoms with Gasteiger partial charge in [-0.05, 0) is 15.9 Å². The van der Waals surface area contributed by atoms with Gasteiger partial charge in [0.2, 0.25) is 0 Å². The second kappa shape index (κ2) is 5.17. The van der Waals surface area contributed by atoms with E-state index in [0.29, 0.717) is 6.20 Å². The third kappa shape index (κ3) is 3.15. The number of carboxylic acid groups (broad SMARTS) is 1. The zero-order valence-corrected chi connectivity index (χ0v) is 10.0. The first kappa shape index (κ1) is 14.8. The molecule has 0 aromatic carbocycles. The van der Waals surface area contributed by atoms with E-state index in [-0.39, 0.29) is 0 Å². The quantitative estimate of drug-likeness (QED) is 0.681. The summed E-state index contributed by atoms with van der Waals surface area (Å²) in [5.74, 6) is -1.57. The highest BCUT2D eigenvalue weighted by molar-refractivity contribution is 9.10. The smallest absolute Gasteiger partial charge is 0.417 e. The summed E-state index contributed by atoms with van der Waals surface area (Å²) in [6.45, 7) is 0. The molecular formula is C9H5BrF5NO2. The number of hydrogen-bond acceptors (Lipinski definition) is 2. The SMILES string of the molecule is O=C(O)Cc1c(Br)ncc(C(F)F)c1C(F)(F)F. The van der Waals surface area contributed by atoms with Gasteiger partial charge in [-0.25, -0.2) is 13.8 Å². The van der Waals surface area contributed by atoms with Crippen LogP contribution in [0.4, 0.5) is 22.0 Å². The van der Waals surface area contributed by atoms with Crippen LogP contribution in [0.5, 0.6) is 0 Å². The molecule has 0 saturated heterocycles. The van der Waals surface area contributed by atoms with Gasteiger partial charge in [-0.2, -0.15) is 13.2 Å². The van der Waals surface area contributed by atoms with Gasteiger partial charge in [0.1, 0.15) is 4.60 Å². The lowest BCUT2D eigenvalue weighted by atomic mass is 10.0. The van der Waals surface area contributed by atoms with Crippen LogP contribution in [0.3, 0.4) is 0 Å². The molecule has 0 saturated carbocycles. The summed E-state index contributed by atoms with van der Waals surface area (Å²) in [5, 5.41) is 8.51. The van der Waals surface area contributed by atoms with Crippen molar-refractivity contribution in [1.82, 2.24) is 4.98 Å². The van der Waals surface area contributed by atoms with Gasteiger partial charge in [-0.3, -0.25) is 4.79 Å². The third-order valence-electron chi connectivity index (χ3n) is 2.00. The molecule has 3 nitrogen and oxygen atoms in total. The Hall–Kier alpha value is -1.25. The monoisotopic (exact) mass is 333 g/mol. The van der Waals surface area contributed by atoms with Crippen molar-refractivity contribution >= 4 is 21.9 Å². The maximum absolute atomic E-state index is 12.7. The van der Waals surface area contributed by atoms with Crippen LogP contribution in [0.15, 0.2) is 10.8 Å². The number of carboxylic acids is 1. The van der Waals surface area contributed by atoms with Crippen LogP contribution in [-0.4, -0.2) is 16.1 Å². The number of rotatable bonds is 3. The highest BCUT2D eigenvalue weighted by Crippen LogP contribution is 2.40. The van der Waals surface area contributed by atoms with E-state index in [2.05, 4.69) is 20.9 Å². The summed E-state index contributed by atoms with van der Waals surface area (Å²) in [6.07, 6.45) is -9.15. The highest BCUT2D eigenvalue weighted by atomic mass is 79.9. The van der Waals surface area contributed by atoms with Crippen LogP contribution < -0.4 is 0 Å². The Morgan fingerprint density at radius 3 is 2.39 bits per heavy atom. The second-order valence-corrected chi connectivity index (χ2v) is 3.98. The van der Waals surface area contributed by atoms with E-state index in [0.717, 1.165) is 0 Å². The predicted octanol–water partition coefficient (Wildman–Crippen LogP) is 3.43. The Morgan fingerprint density at radius 2 is 2.00 bits per heavy atom. The number of hydrogen-bond donors (Lipinski definition) is 1. The largest absolute Gasteiger partial charge is 0.481 e. The maximum Gasteiger partial charge on any atom is 0.417 e. The van der Waals surface area contributed by atoms with Gasteiger partial charge in [0.05, 0.1) is 12.0 Å². The molecule has 1 heterocycles. The standard InChI is InChI=1S/C9H5BrF5NO2/c10-7-3(1-5(17)18)6(9(13,14)15)4(2-16-7)8(11)12/h2,8H,1H2,(H,17,18).